The quantitative estimate of drug-likeness (QED) is 0.160. The Balaban J connectivity index is 1.04. The molecule has 0 aliphatic rings. The van der Waals surface area contributed by atoms with E-state index in [1.165, 1.54) is 54.2 Å². The van der Waals surface area contributed by atoms with Gasteiger partial charge in [0.05, 0.1) is 11.4 Å². The average molecular weight is 738 g/mol. The number of hydrogen-bond acceptors (Lipinski definition) is 3. The van der Waals surface area contributed by atoms with Crippen LogP contribution in [0.1, 0.15) is 0 Å². The lowest BCUT2D eigenvalue weighted by Crippen LogP contribution is -1.96. The van der Waals surface area contributed by atoms with E-state index in [0.29, 0.717) is 5.82 Å². The van der Waals surface area contributed by atoms with E-state index in [1.54, 1.807) is 6.20 Å². The summed E-state index contributed by atoms with van der Waals surface area (Å²) in [7, 11) is 0. The first kappa shape index (κ1) is 33.6. The molecule has 11 aromatic rings. The van der Waals surface area contributed by atoms with Crippen LogP contribution >= 0.6 is 0 Å². The Bertz CT molecular complexity index is 3320. The van der Waals surface area contributed by atoms with Crippen molar-refractivity contribution in [2.45, 2.75) is 0 Å². The van der Waals surface area contributed by atoms with Gasteiger partial charge in [0.15, 0.2) is 5.82 Å². The largest absolute Gasteiger partial charge is 0.264 e. The smallest absolute Gasteiger partial charge is 0.160 e. The molecule has 2 heterocycles. The van der Waals surface area contributed by atoms with Crippen molar-refractivity contribution < 1.29 is 0 Å². The van der Waals surface area contributed by atoms with Gasteiger partial charge in [0.1, 0.15) is 0 Å². The van der Waals surface area contributed by atoms with E-state index < -0.39 is 0 Å². The van der Waals surface area contributed by atoms with E-state index in [2.05, 4.69) is 199 Å². The van der Waals surface area contributed by atoms with E-state index in [1.807, 2.05) is 12.3 Å². The molecule has 58 heavy (non-hydrogen) atoms. The van der Waals surface area contributed by atoms with Gasteiger partial charge >= 0.3 is 0 Å². The lowest BCUT2D eigenvalue weighted by Gasteiger charge is -2.14. The molecule has 0 spiro atoms. The summed E-state index contributed by atoms with van der Waals surface area (Å²) < 4.78 is 0. The highest BCUT2D eigenvalue weighted by Gasteiger charge is 2.15. The van der Waals surface area contributed by atoms with Gasteiger partial charge in [-0.15, -0.1) is 0 Å². The molecule has 3 heteroatoms. The molecule has 0 saturated carbocycles. The fourth-order valence-electron chi connectivity index (χ4n) is 8.47. The molecule has 0 unspecified atom stereocenters. The fraction of sp³-hybridized carbons (Fsp3) is 0. The van der Waals surface area contributed by atoms with E-state index in [0.717, 1.165) is 50.3 Å². The van der Waals surface area contributed by atoms with Crippen LogP contribution in [0.4, 0.5) is 0 Å². The van der Waals surface area contributed by atoms with Gasteiger partial charge in [0.25, 0.3) is 0 Å². The van der Waals surface area contributed by atoms with E-state index >= 15 is 0 Å². The van der Waals surface area contributed by atoms with Crippen molar-refractivity contribution in [2.24, 2.45) is 0 Å². The maximum atomic E-state index is 5.29. The Morgan fingerprint density at radius 3 is 1.38 bits per heavy atom. The Kier molecular flexibility index (Phi) is 8.15. The molecular weight excluding hydrogens is 703 g/mol. The second-order valence-corrected chi connectivity index (χ2v) is 14.8. The van der Waals surface area contributed by atoms with Crippen LogP contribution in [0.3, 0.4) is 0 Å². The molecular formula is C55H35N3. The Morgan fingerprint density at radius 1 is 0.276 bits per heavy atom. The molecule has 0 aliphatic carbocycles. The molecule has 0 radical (unpaired) electrons. The fourth-order valence-corrected chi connectivity index (χ4v) is 8.47. The van der Waals surface area contributed by atoms with Gasteiger partial charge in [-0.25, -0.2) is 9.97 Å². The van der Waals surface area contributed by atoms with Gasteiger partial charge in [0, 0.05) is 29.1 Å². The third kappa shape index (κ3) is 5.98. The zero-order valence-electron chi connectivity index (χ0n) is 31.5. The second-order valence-electron chi connectivity index (χ2n) is 14.8. The first-order chi connectivity index (χ1) is 28.7. The van der Waals surface area contributed by atoms with Crippen molar-refractivity contribution >= 4 is 43.1 Å². The predicted octanol–water partition coefficient (Wildman–Crippen LogP) is 14.5. The third-order valence-corrected chi connectivity index (χ3v) is 11.4. The zero-order valence-corrected chi connectivity index (χ0v) is 31.5. The van der Waals surface area contributed by atoms with Gasteiger partial charge in [-0.05, 0) is 107 Å². The molecule has 270 valence electrons. The summed E-state index contributed by atoms with van der Waals surface area (Å²) in [6.45, 7) is 0. The summed E-state index contributed by atoms with van der Waals surface area (Å²) in [5.74, 6) is 0.681. The van der Waals surface area contributed by atoms with Crippen LogP contribution < -0.4 is 0 Å². The highest BCUT2D eigenvalue weighted by molar-refractivity contribution is 6.15. The van der Waals surface area contributed by atoms with Crippen LogP contribution in [0, 0.1) is 0 Å². The van der Waals surface area contributed by atoms with Gasteiger partial charge in [-0.3, -0.25) is 4.98 Å². The summed E-state index contributed by atoms with van der Waals surface area (Å²) >= 11 is 0. The Labute approximate surface area is 336 Å². The topological polar surface area (TPSA) is 38.7 Å². The monoisotopic (exact) mass is 737 g/mol. The van der Waals surface area contributed by atoms with Crippen LogP contribution in [0.15, 0.2) is 213 Å². The molecule has 9 aromatic carbocycles. The summed E-state index contributed by atoms with van der Waals surface area (Å²) in [4.78, 5) is 14.8. The first-order valence-electron chi connectivity index (χ1n) is 19.7. The van der Waals surface area contributed by atoms with E-state index in [-0.39, 0.29) is 0 Å². The highest BCUT2D eigenvalue weighted by atomic mass is 14.9. The van der Waals surface area contributed by atoms with E-state index in [4.69, 9.17) is 9.97 Å². The number of aromatic nitrogens is 3. The third-order valence-electron chi connectivity index (χ3n) is 11.4. The molecule has 0 saturated heterocycles. The van der Waals surface area contributed by atoms with Crippen LogP contribution in [-0.4, -0.2) is 15.0 Å². The standard InChI is InChI=1S/C55H35N3/c1-3-16-45-41(11-1)32-51(49-20-7-5-18-47(45)49)37-24-28-39(29-25-37)55-57-53(38-26-22-36(23-27-38)44-15-10-30-56-35-44)34-54(58-55)43-14-9-13-40(31-43)52-33-42-12-2-4-17-46(42)48-19-6-8-21-50(48)52/h1-35H. The molecule has 0 bridgehead atoms. The van der Waals surface area contributed by atoms with Crippen molar-refractivity contribution in [2.75, 3.05) is 0 Å². The normalized spacial score (nSPS) is 11.4. The average Bonchev–Trinajstić information content (AvgIpc) is 3.31. The number of fused-ring (bicyclic) bond motifs is 6. The van der Waals surface area contributed by atoms with Crippen LogP contribution in [0.5, 0.6) is 0 Å². The first-order valence-corrected chi connectivity index (χ1v) is 19.7. The van der Waals surface area contributed by atoms with Crippen LogP contribution in [0.25, 0.3) is 110 Å². The maximum Gasteiger partial charge on any atom is 0.160 e. The molecule has 11 rings (SSSR count). The SMILES string of the molecule is c1cncc(-c2ccc(-c3cc(-c4cccc(-c5cc6ccccc6c6ccccc56)c4)nc(-c4ccc(-c5cc6ccccc6c6ccccc56)cc4)n3)cc2)c1. The zero-order chi connectivity index (χ0) is 38.4. The minimum atomic E-state index is 0.681. The Hall–Kier alpha value is -7.75. The number of benzene rings is 9. The van der Waals surface area contributed by atoms with Crippen molar-refractivity contribution in [3.8, 4) is 67.3 Å². The lowest BCUT2D eigenvalue weighted by molar-refractivity contribution is 1.18. The number of nitrogens with zero attached hydrogens (tertiary/aromatic N) is 3. The number of rotatable bonds is 6. The van der Waals surface area contributed by atoms with Crippen molar-refractivity contribution in [1.82, 2.24) is 15.0 Å². The minimum absolute atomic E-state index is 0.681. The van der Waals surface area contributed by atoms with Gasteiger partial charge < -0.3 is 0 Å². The lowest BCUT2D eigenvalue weighted by atomic mass is 9.92. The Morgan fingerprint density at radius 2 is 0.759 bits per heavy atom. The predicted molar refractivity (Wildman–Crippen MR) is 242 cm³/mol. The highest BCUT2D eigenvalue weighted by Crippen LogP contribution is 2.39. The summed E-state index contributed by atoms with van der Waals surface area (Å²) in [6, 6.07) is 71.5. The molecule has 0 amide bonds. The summed E-state index contributed by atoms with van der Waals surface area (Å²) in [5, 5.41) is 9.97. The number of pyridine rings is 1. The molecule has 0 N–H and O–H groups in total. The molecule has 2 aromatic heterocycles. The summed E-state index contributed by atoms with van der Waals surface area (Å²) in [5.41, 5.74) is 11.7. The van der Waals surface area contributed by atoms with Crippen molar-refractivity contribution in [3.63, 3.8) is 0 Å². The second kappa shape index (κ2) is 14.1. The number of hydrogen-bond donors (Lipinski definition) is 0. The molecule has 0 fully saturated rings. The van der Waals surface area contributed by atoms with Gasteiger partial charge in [-0.1, -0.05) is 170 Å². The molecule has 0 aliphatic heterocycles. The van der Waals surface area contributed by atoms with Crippen LogP contribution in [-0.2, 0) is 0 Å². The van der Waals surface area contributed by atoms with Gasteiger partial charge in [0.2, 0.25) is 0 Å². The van der Waals surface area contributed by atoms with Crippen molar-refractivity contribution in [3.05, 3.63) is 213 Å². The van der Waals surface area contributed by atoms with Crippen molar-refractivity contribution in [1.29, 1.82) is 0 Å². The van der Waals surface area contributed by atoms with Crippen LogP contribution in [0.2, 0.25) is 0 Å². The molecule has 3 nitrogen and oxygen atoms in total. The molecule has 0 atom stereocenters. The summed E-state index contributed by atoms with van der Waals surface area (Å²) in [6.07, 6.45) is 3.70. The van der Waals surface area contributed by atoms with E-state index in [9.17, 15) is 0 Å². The van der Waals surface area contributed by atoms with Gasteiger partial charge in [-0.2, -0.15) is 0 Å². The maximum absolute atomic E-state index is 5.29. The minimum Gasteiger partial charge on any atom is -0.264 e.